The molecule has 0 spiro atoms. The highest BCUT2D eigenvalue weighted by molar-refractivity contribution is 14.1. The lowest BCUT2D eigenvalue weighted by Crippen LogP contribution is -2.52. The number of nitrogens with one attached hydrogen (secondary N) is 1. The number of hydrogen-bond donors (Lipinski definition) is 2. The second-order valence-electron chi connectivity index (χ2n) is 5.56. The lowest BCUT2D eigenvalue weighted by atomic mass is 9.90. The summed E-state index contributed by atoms with van der Waals surface area (Å²) >= 11 is 1.81. The highest BCUT2D eigenvalue weighted by atomic mass is 127. The molecule has 3 N–H and O–H groups in total. The van der Waals surface area contributed by atoms with Crippen molar-refractivity contribution >= 4 is 28.5 Å². The van der Waals surface area contributed by atoms with Gasteiger partial charge in [0.15, 0.2) is 11.6 Å². The van der Waals surface area contributed by atoms with Crippen LogP contribution in [-0.4, -0.2) is 18.0 Å². The number of amides is 1. The Morgan fingerprint density at radius 2 is 1.95 bits per heavy atom. The summed E-state index contributed by atoms with van der Waals surface area (Å²) in [5.41, 5.74) is 5.27. The molecule has 1 atom stereocenters. The molecular formula is C14H19F2IN2O. The number of carbonyl (C=O) groups excluding carboxylic acids is 1. The summed E-state index contributed by atoms with van der Waals surface area (Å²) in [7, 11) is 0. The molecule has 1 aromatic rings. The minimum atomic E-state index is -1.03. The van der Waals surface area contributed by atoms with Gasteiger partial charge in [0.05, 0.1) is 5.56 Å². The summed E-state index contributed by atoms with van der Waals surface area (Å²) in [5, 5.41) is 2.82. The molecule has 0 aliphatic carbocycles. The summed E-state index contributed by atoms with van der Waals surface area (Å²) in [6.07, 6.45) is 0.704. The lowest BCUT2D eigenvalue weighted by Gasteiger charge is -2.31. The van der Waals surface area contributed by atoms with Gasteiger partial charge in [-0.15, -0.1) is 0 Å². The molecule has 0 aliphatic rings. The van der Waals surface area contributed by atoms with Crippen LogP contribution < -0.4 is 11.1 Å². The molecule has 3 nitrogen and oxygen atoms in total. The van der Waals surface area contributed by atoms with Gasteiger partial charge in [-0.3, -0.25) is 4.79 Å². The molecule has 0 saturated heterocycles. The maximum absolute atomic E-state index is 13.3. The molecule has 1 unspecified atom stereocenters. The minimum absolute atomic E-state index is 0.118. The summed E-state index contributed by atoms with van der Waals surface area (Å²) < 4.78 is 26.7. The third kappa shape index (κ3) is 4.37. The van der Waals surface area contributed by atoms with Crippen molar-refractivity contribution in [3.8, 4) is 0 Å². The predicted molar refractivity (Wildman–Crippen MR) is 83.5 cm³/mol. The van der Waals surface area contributed by atoms with E-state index in [2.05, 4.69) is 5.32 Å². The van der Waals surface area contributed by atoms with Crippen LogP contribution >= 0.6 is 22.6 Å². The molecule has 0 aromatic heterocycles. The second kappa shape index (κ2) is 6.80. The number of nitrogens with two attached hydrogens (primary N) is 1. The molecule has 0 radical (unpaired) electrons. The van der Waals surface area contributed by atoms with Gasteiger partial charge in [0, 0.05) is 15.7 Å². The molecule has 112 valence electrons. The Morgan fingerprint density at radius 1 is 1.40 bits per heavy atom. The van der Waals surface area contributed by atoms with Crippen molar-refractivity contribution in [2.45, 2.75) is 32.7 Å². The van der Waals surface area contributed by atoms with Crippen LogP contribution in [0.25, 0.3) is 0 Å². The van der Waals surface area contributed by atoms with Crippen LogP contribution in [0.1, 0.15) is 37.6 Å². The van der Waals surface area contributed by atoms with E-state index in [1.54, 1.807) is 0 Å². The van der Waals surface area contributed by atoms with Crippen molar-refractivity contribution in [1.29, 1.82) is 0 Å². The summed E-state index contributed by atoms with van der Waals surface area (Å²) in [6.45, 7) is 6.18. The molecule has 20 heavy (non-hydrogen) atoms. The van der Waals surface area contributed by atoms with Crippen LogP contribution in [0.15, 0.2) is 12.1 Å². The van der Waals surface area contributed by atoms with Crippen LogP contribution in [0.2, 0.25) is 0 Å². The van der Waals surface area contributed by atoms with Gasteiger partial charge in [-0.25, -0.2) is 8.78 Å². The Morgan fingerprint density at radius 3 is 2.45 bits per heavy atom. The standard InChI is InChI=1S/C14H19F2IN2O/c1-8(2)6-14(3,7-18)19-13(20)9-4-10(15)11(16)5-12(9)17/h4-5,8H,6-7,18H2,1-3H3,(H,19,20). The second-order valence-corrected chi connectivity index (χ2v) is 6.73. The van der Waals surface area contributed by atoms with E-state index in [1.165, 1.54) is 0 Å². The van der Waals surface area contributed by atoms with Crippen LogP contribution in [0, 0.1) is 21.1 Å². The van der Waals surface area contributed by atoms with Gasteiger partial charge in [0.1, 0.15) is 0 Å². The van der Waals surface area contributed by atoms with E-state index >= 15 is 0 Å². The third-order valence-electron chi connectivity index (χ3n) is 2.98. The normalized spacial score (nSPS) is 14.2. The first-order valence-electron chi connectivity index (χ1n) is 6.35. The number of halogens is 3. The van der Waals surface area contributed by atoms with Crippen molar-refractivity contribution in [2.24, 2.45) is 11.7 Å². The fraction of sp³-hybridized carbons (Fsp3) is 0.500. The summed E-state index contributed by atoms with van der Waals surface area (Å²) in [4.78, 5) is 12.2. The van der Waals surface area contributed by atoms with Gasteiger partial charge in [-0.1, -0.05) is 13.8 Å². The Labute approximate surface area is 131 Å². The zero-order valence-corrected chi connectivity index (χ0v) is 13.9. The van der Waals surface area contributed by atoms with Crippen molar-refractivity contribution in [2.75, 3.05) is 6.54 Å². The van der Waals surface area contributed by atoms with Gasteiger partial charge in [0.2, 0.25) is 0 Å². The maximum Gasteiger partial charge on any atom is 0.252 e. The van der Waals surface area contributed by atoms with E-state index in [-0.39, 0.29) is 12.1 Å². The highest BCUT2D eigenvalue weighted by Crippen LogP contribution is 2.20. The van der Waals surface area contributed by atoms with Crippen molar-refractivity contribution < 1.29 is 13.6 Å². The zero-order chi connectivity index (χ0) is 15.5. The molecule has 1 aromatic carbocycles. The van der Waals surface area contributed by atoms with Gasteiger partial charge < -0.3 is 11.1 Å². The smallest absolute Gasteiger partial charge is 0.252 e. The fourth-order valence-corrected chi connectivity index (χ4v) is 2.80. The number of carbonyl (C=O) groups is 1. The fourth-order valence-electron chi connectivity index (χ4n) is 2.12. The lowest BCUT2D eigenvalue weighted by molar-refractivity contribution is 0.0896. The average Bonchev–Trinajstić information content (AvgIpc) is 2.32. The van der Waals surface area contributed by atoms with Gasteiger partial charge in [-0.2, -0.15) is 0 Å². The Balaban J connectivity index is 2.98. The SMILES string of the molecule is CC(C)CC(C)(CN)NC(=O)c1cc(F)c(F)cc1I. The Hall–Kier alpha value is -0.760. The van der Waals surface area contributed by atoms with E-state index in [4.69, 9.17) is 5.73 Å². The monoisotopic (exact) mass is 396 g/mol. The number of benzene rings is 1. The number of hydrogen-bond acceptors (Lipinski definition) is 2. The first kappa shape index (κ1) is 17.3. The number of rotatable bonds is 5. The molecule has 0 fully saturated rings. The minimum Gasteiger partial charge on any atom is -0.346 e. The molecule has 0 saturated carbocycles. The molecule has 0 aliphatic heterocycles. The van der Waals surface area contributed by atoms with Crippen LogP contribution in [0.5, 0.6) is 0 Å². The Kier molecular flexibility index (Phi) is 5.88. The van der Waals surface area contributed by atoms with E-state index in [1.807, 2.05) is 43.4 Å². The highest BCUT2D eigenvalue weighted by Gasteiger charge is 2.27. The van der Waals surface area contributed by atoms with Crippen LogP contribution in [0.4, 0.5) is 8.78 Å². The van der Waals surface area contributed by atoms with E-state index < -0.39 is 23.1 Å². The molecule has 6 heteroatoms. The molecule has 0 heterocycles. The van der Waals surface area contributed by atoms with E-state index in [9.17, 15) is 13.6 Å². The van der Waals surface area contributed by atoms with Crippen LogP contribution in [-0.2, 0) is 0 Å². The van der Waals surface area contributed by atoms with Gasteiger partial charge in [-0.05, 0) is 54.0 Å². The first-order valence-corrected chi connectivity index (χ1v) is 7.43. The Bertz CT molecular complexity index is 508. The first-order chi connectivity index (χ1) is 9.18. The quantitative estimate of drug-likeness (QED) is 0.594. The average molecular weight is 396 g/mol. The largest absolute Gasteiger partial charge is 0.346 e. The third-order valence-corrected chi connectivity index (χ3v) is 3.87. The van der Waals surface area contributed by atoms with Crippen LogP contribution in [0.3, 0.4) is 0 Å². The molecule has 1 rings (SSSR count). The van der Waals surface area contributed by atoms with E-state index in [0.29, 0.717) is 15.9 Å². The maximum atomic E-state index is 13.3. The van der Waals surface area contributed by atoms with E-state index in [0.717, 1.165) is 12.1 Å². The molecule has 0 bridgehead atoms. The molecular weight excluding hydrogens is 377 g/mol. The summed E-state index contributed by atoms with van der Waals surface area (Å²) in [5.74, 6) is -2.08. The van der Waals surface area contributed by atoms with Crippen molar-refractivity contribution in [3.63, 3.8) is 0 Å². The van der Waals surface area contributed by atoms with Crippen molar-refractivity contribution in [3.05, 3.63) is 32.9 Å². The summed E-state index contributed by atoms with van der Waals surface area (Å²) in [6, 6.07) is 1.92. The topological polar surface area (TPSA) is 55.1 Å². The molecule has 1 amide bonds. The van der Waals surface area contributed by atoms with Gasteiger partial charge in [0.25, 0.3) is 5.91 Å². The zero-order valence-electron chi connectivity index (χ0n) is 11.8. The van der Waals surface area contributed by atoms with Crippen molar-refractivity contribution in [1.82, 2.24) is 5.32 Å². The van der Waals surface area contributed by atoms with Gasteiger partial charge >= 0.3 is 0 Å². The predicted octanol–water partition coefficient (Wildman–Crippen LogP) is 3.06.